The molecule has 2 N–H and O–H groups in total. The lowest BCUT2D eigenvalue weighted by atomic mass is 9.76. The van der Waals surface area contributed by atoms with Crippen LogP contribution in [0.2, 0.25) is 0 Å². The number of methoxy groups -OCH3 is 1. The fourth-order valence-electron chi connectivity index (χ4n) is 1.81. The molecule has 1 aromatic carbocycles. The van der Waals surface area contributed by atoms with Crippen molar-refractivity contribution in [3.8, 4) is 5.75 Å². The van der Waals surface area contributed by atoms with Gasteiger partial charge in [0.25, 0.3) is 0 Å². The van der Waals surface area contributed by atoms with E-state index in [2.05, 4.69) is 21.2 Å². The molecule has 1 rings (SSSR count). The molecule has 0 aromatic heterocycles. The molecule has 0 aliphatic heterocycles. The van der Waals surface area contributed by atoms with Crippen molar-refractivity contribution in [1.82, 2.24) is 0 Å². The van der Waals surface area contributed by atoms with E-state index in [-0.39, 0.29) is 18.2 Å². The number of hydrogen-bond donors (Lipinski definition) is 2. The molecule has 0 radical (unpaired) electrons. The quantitative estimate of drug-likeness (QED) is 0.816. The number of amides is 1. The molecule has 0 fully saturated rings. The first-order valence-electron chi connectivity index (χ1n) is 6.57. The minimum atomic E-state index is -1.09. The summed E-state index contributed by atoms with van der Waals surface area (Å²) in [5.74, 6) is -0.789. The van der Waals surface area contributed by atoms with Gasteiger partial charge >= 0.3 is 5.97 Å². The van der Waals surface area contributed by atoms with Crippen molar-refractivity contribution >= 4 is 33.5 Å². The molecule has 6 heteroatoms. The van der Waals surface area contributed by atoms with E-state index >= 15 is 0 Å². The van der Waals surface area contributed by atoms with Gasteiger partial charge in [0.2, 0.25) is 5.91 Å². The first kappa shape index (κ1) is 17.5. The zero-order valence-electron chi connectivity index (χ0n) is 12.6. The topological polar surface area (TPSA) is 75.6 Å². The van der Waals surface area contributed by atoms with Crippen LogP contribution in [-0.2, 0) is 9.59 Å². The van der Waals surface area contributed by atoms with Crippen LogP contribution in [-0.4, -0.2) is 24.1 Å². The van der Waals surface area contributed by atoms with E-state index in [9.17, 15) is 14.7 Å². The summed E-state index contributed by atoms with van der Waals surface area (Å²) >= 11 is 3.33. The first-order valence-corrected chi connectivity index (χ1v) is 7.36. The third-order valence-corrected chi connectivity index (χ3v) is 4.35. The summed E-state index contributed by atoms with van der Waals surface area (Å²) < 4.78 is 5.83. The van der Waals surface area contributed by atoms with Crippen molar-refractivity contribution in [3.05, 3.63) is 22.7 Å². The van der Waals surface area contributed by atoms with Gasteiger partial charge in [-0.15, -0.1) is 0 Å². The lowest BCUT2D eigenvalue weighted by Crippen LogP contribution is -2.37. The van der Waals surface area contributed by atoms with Crippen LogP contribution in [0, 0.1) is 11.3 Å². The highest BCUT2D eigenvalue weighted by Gasteiger charge is 2.38. The number of carbonyl (C=O) groups excluding carboxylic acids is 1. The third kappa shape index (κ3) is 4.20. The maximum Gasteiger partial charge on any atom is 0.310 e. The Balaban J connectivity index is 2.82. The van der Waals surface area contributed by atoms with Crippen LogP contribution in [0.15, 0.2) is 22.7 Å². The number of ether oxygens (including phenoxy) is 1. The van der Waals surface area contributed by atoms with Crippen LogP contribution in [0.3, 0.4) is 0 Å². The Hall–Kier alpha value is -1.56. The number of carbonyl (C=O) groups is 2. The fourth-order valence-corrected chi connectivity index (χ4v) is 2.35. The number of carboxylic acids is 1. The summed E-state index contributed by atoms with van der Waals surface area (Å²) in [6.07, 6.45) is -0.0797. The second kappa shape index (κ2) is 6.93. The molecule has 0 saturated heterocycles. The summed E-state index contributed by atoms with van der Waals surface area (Å²) in [6.45, 7) is 5.18. The molecule has 1 aromatic rings. The second-order valence-electron chi connectivity index (χ2n) is 5.45. The van der Waals surface area contributed by atoms with Crippen molar-refractivity contribution < 1.29 is 19.4 Å². The first-order chi connectivity index (χ1) is 9.70. The van der Waals surface area contributed by atoms with Crippen molar-refractivity contribution in [3.63, 3.8) is 0 Å². The van der Waals surface area contributed by atoms with Crippen LogP contribution < -0.4 is 10.1 Å². The molecule has 1 unspecified atom stereocenters. The van der Waals surface area contributed by atoms with Gasteiger partial charge in [0.1, 0.15) is 5.75 Å². The lowest BCUT2D eigenvalue weighted by Gasteiger charge is -2.28. The number of anilines is 1. The maximum atomic E-state index is 12.1. The normalized spacial score (nSPS) is 13.6. The minimum Gasteiger partial charge on any atom is -0.496 e. The van der Waals surface area contributed by atoms with E-state index in [0.29, 0.717) is 15.9 Å². The van der Waals surface area contributed by atoms with Crippen molar-refractivity contribution in [2.45, 2.75) is 27.2 Å². The van der Waals surface area contributed by atoms with Crippen LogP contribution >= 0.6 is 15.9 Å². The van der Waals surface area contributed by atoms with Gasteiger partial charge in [-0.2, -0.15) is 0 Å². The lowest BCUT2D eigenvalue weighted by molar-refractivity contribution is -0.153. The summed E-state index contributed by atoms with van der Waals surface area (Å²) in [7, 11) is 1.55. The molecular weight excluding hydrogens is 338 g/mol. The number of carboxylic acid groups (broad SMARTS) is 1. The van der Waals surface area contributed by atoms with Gasteiger partial charge in [0.05, 0.1) is 17.0 Å². The van der Waals surface area contributed by atoms with Gasteiger partial charge in [0.15, 0.2) is 0 Å². The fraction of sp³-hybridized carbons (Fsp3) is 0.467. The average molecular weight is 358 g/mol. The van der Waals surface area contributed by atoms with E-state index in [4.69, 9.17) is 4.74 Å². The molecule has 21 heavy (non-hydrogen) atoms. The SMILES string of the molecule is COc1ccc(NC(=O)CC(C)(C(=O)O)C(C)C)cc1Br. The van der Waals surface area contributed by atoms with Gasteiger partial charge in [-0.05, 0) is 47.0 Å². The van der Waals surface area contributed by atoms with Crippen molar-refractivity contribution in [2.24, 2.45) is 11.3 Å². The Morgan fingerprint density at radius 1 is 1.43 bits per heavy atom. The number of aliphatic carboxylic acids is 1. The molecule has 1 atom stereocenters. The number of benzene rings is 1. The summed E-state index contributed by atoms with van der Waals surface area (Å²) in [5.41, 5.74) is -0.502. The summed E-state index contributed by atoms with van der Waals surface area (Å²) in [5, 5.41) is 12.0. The van der Waals surface area contributed by atoms with E-state index < -0.39 is 11.4 Å². The Morgan fingerprint density at radius 3 is 2.48 bits per heavy atom. The van der Waals surface area contributed by atoms with E-state index in [1.165, 1.54) is 0 Å². The summed E-state index contributed by atoms with van der Waals surface area (Å²) in [6, 6.07) is 5.14. The minimum absolute atomic E-state index is 0.0797. The zero-order chi connectivity index (χ0) is 16.2. The number of hydrogen-bond acceptors (Lipinski definition) is 3. The summed E-state index contributed by atoms with van der Waals surface area (Å²) in [4.78, 5) is 23.5. The molecule has 1 amide bonds. The van der Waals surface area contributed by atoms with Gasteiger partial charge in [-0.1, -0.05) is 13.8 Å². The molecular formula is C15H20BrNO4. The number of nitrogens with one attached hydrogen (secondary N) is 1. The highest BCUT2D eigenvalue weighted by molar-refractivity contribution is 9.10. The second-order valence-corrected chi connectivity index (χ2v) is 6.31. The standard InChI is InChI=1S/C15H20BrNO4/c1-9(2)15(3,14(19)20)8-13(18)17-10-5-6-12(21-4)11(16)7-10/h5-7,9H,8H2,1-4H3,(H,17,18)(H,19,20). The maximum absolute atomic E-state index is 12.1. The van der Waals surface area contributed by atoms with Crippen LogP contribution in [0.25, 0.3) is 0 Å². The molecule has 0 saturated carbocycles. The average Bonchev–Trinajstić information content (AvgIpc) is 2.38. The Morgan fingerprint density at radius 2 is 2.05 bits per heavy atom. The molecule has 5 nitrogen and oxygen atoms in total. The predicted molar refractivity (Wildman–Crippen MR) is 84.5 cm³/mol. The van der Waals surface area contributed by atoms with Crippen LogP contribution in [0.1, 0.15) is 27.2 Å². The number of rotatable bonds is 6. The van der Waals surface area contributed by atoms with Crippen LogP contribution in [0.4, 0.5) is 5.69 Å². The largest absolute Gasteiger partial charge is 0.496 e. The molecule has 116 valence electrons. The van der Waals surface area contributed by atoms with E-state index in [1.54, 1.807) is 46.1 Å². The molecule has 0 heterocycles. The third-order valence-electron chi connectivity index (χ3n) is 3.73. The molecule has 0 aliphatic rings. The van der Waals surface area contributed by atoms with Crippen molar-refractivity contribution in [2.75, 3.05) is 12.4 Å². The molecule has 0 spiro atoms. The van der Waals surface area contributed by atoms with E-state index in [1.807, 2.05) is 0 Å². The highest BCUT2D eigenvalue weighted by atomic mass is 79.9. The monoisotopic (exact) mass is 357 g/mol. The molecule has 0 bridgehead atoms. The smallest absolute Gasteiger partial charge is 0.310 e. The van der Waals surface area contributed by atoms with Gasteiger partial charge < -0.3 is 15.2 Å². The predicted octanol–water partition coefficient (Wildman–Crippen LogP) is 3.53. The Labute approximate surface area is 132 Å². The van der Waals surface area contributed by atoms with Gasteiger partial charge in [-0.25, -0.2) is 0 Å². The Kier molecular flexibility index (Phi) is 5.78. The van der Waals surface area contributed by atoms with Crippen molar-refractivity contribution in [1.29, 1.82) is 0 Å². The van der Waals surface area contributed by atoms with Gasteiger partial charge in [-0.3, -0.25) is 9.59 Å². The molecule has 0 aliphatic carbocycles. The highest BCUT2D eigenvalue weighted by Crippen LogP contribution is 2.32. The van der Waals surface area contributed by atoms with Crippen LogP contribution in [0.5, 0.6) is 5.75 Å². The van der Waals surface area contributed by atoms with Gasteiger partial charge in [0, 0.05) is 12.1 Å². The number of halogens is 1. The van der Waals surface area contributed by atoms with E-state index in [0.717, 1.165) is 0 Å². The Bertz CT molecular complexity index is 544. The zero-order valence-corrected chi connectivity index (χ0v) is 14.2.